The van der Waals surface area contributed by atoms with Crippen molar-refractivity contribution in [2.24, 2.45) is 0 Å². The summed E-state index contributed by atoms with van der Waals surface area (Å²) in [7, 11) is -1.25. The van der Waals surface area contributed by atoms with E-state index in [-0.39, 0.29) is 18.6 Å². The monoisotopic (exact) mass is 461 g/mol. The standard InChI is InChI=1S/C28H35NO3Si/c1-33(2,3)18-17-32-28(31)27-12-8-7-11-26(27)24-15-13-23(14-16-24)20-29-25(21-30)19-22-9-5-4-6-10-22/h4-16,25,29-30H,17-21H2,1-3H3. The predicted octanol–water partition coefficient (Wildman–Crippen LogP) is 5.54. The van der Waals surface area contributed by atoms with Crippen molar-refractivity contribution in [2.45, 2.75) is 44.7 Å². The number of esters is 1. The summed E-state index contributed by atoms with van der Waals surface area (Å²) in [5.41, 5.74) is 4.79. The maximum Gasteiger partial charge on any atom is 0.338 e. The Balaban J connectivity index is 1.62. The van der Waals surface area contributed by atoms with Crippen LogP contribution in [0.1, 0.15) is 21.5 Å². The van der Waals surface area contributed by atoms with Gasteiger partial charge in [-0.2, -0.15) is 0 Å². The Hall–Kier alpha value is -2.73. The van der Waals surface area contributed by atoms with Gasteiger partial charge >= 0.3 is 5.97 Å². The molecule has 0 heterocycles. The number of hydrogen-bond donors (Lipinski definition) is 2. The first-order chi connectivity index (χ1) is 15.9. The summed E-state index contributed by atoms with van der Waals surface area (Å²) >= 11 is 0. The van der Waals surface area contributed by atoms with Gasteiger partial charge in [-0.15, -0.1) is 0 Å². The van der Waals surface area contributed by atoms with Crippen LogP contribution in [0.15, 0.2) is 78.9 Å². The van der Waals surface area contributed by atoms with E-state index in [4.69, 9.17) is 4.74 Å². The minimum Gasteiger partial charge on any atom is -0.462 e. The van der Waals surface area contributed by atoms with E-state index in [1.54, 1.807) is 0 Å². The lowest BCUT2D eigenvalue weighted by Crippen LogP contribution is -2.34. The summed E-state index contributed by atoms with van der Waals surface area (Å²) in [6, 6.07) is 27.0. The lowest BCUT2D eigenvalue weighted by molar-refractivity contribution is 0.0526. The molecule has 1 unspecified atom stereocenters. The highest BCUT2D eigenvalue weighted by Gasteiger charge is 2.17. The van der Waals surface area contributed by atoms with Crippen LogP contribution in [-0.2, 0) is 17.7 Å². The lowest BCUT2D eigenvalue weighted by atomic mass is 9.98. The number of aliphatic hydroxyl groups excluding tert-OH is 1. The molecule has 0 aromatic heterocycles. The van der Waals surface area contributed by atoms with Gasteiger partial charge in [-0.05, 0) is 40.8 Å². The second kappa shape index (κ2) is 11.9. The van der Waals surface area contributed by atoms with Crippen molar-refractivity contribution in [1.82, 2.24) is 5.32 Å². The highest BCUT2D eigenvalue weighted by Crippen LogP contribution is 2.25. The zero-order valence-electron chi connectivity index (χ0n) is 19.9. The lowest BCUT2D eigenvalue weighted by Gasteiger charge is -2.17. The molecule has 2 N–H and O–H groups in total. The van der Waals surface area contributed by atoms with Gasteiger partial charge in [-0.3, -0.25) is 0 Å². The first-order valence-corrected chi connectivity index (χ1v) is 15.3. The normalized spacial score (nSPS) is 12.4. The van der Waals surface area contributed by atoms with Gasteiger partial charge in [0.15, 0.2) is 0 Å². The maximum absolute atomic E-state index is 12.7. The smallest absolute Gasteiger partial charge is 0.338 e. The molecule has 3 aromatic rings. The van der Waals surface area contributed by atoms with Crippen molar-refractivity contribution < 1.29 is 14.6 Å². The molecule has 0 spiro atoms. The van der Waals surface area contributed by atoms with Gasteiger partial charge < -0.3 is 15.2 Å². The number of aliphatic hydroxyl groups is 1. The van der Waals surface area contributed by atoms with Crippen molar-refractivity contribution >= 4 is 14.0 Å². The molecule has 3 rings (SSSR count). The number of ether oxygens (including phenoxy) is 1. The van der Waals surface area contributed by atoms with Crippen LogP contribution in [0.3, 0.4) is 0 Å². The number of rotatable bonds is 11. The molecule has 33 heavy (non-hydrogen) atoms. The molecule has 0 aliphatic heterocycles. The molecule has 5 heteroatoms. The summed E-state index contributed by atoms with van der Waals surface area (Å²) in [5.74, 6) is -0.263. The Bertz CT molecular complexity index is 1010. The fourth-order valence-electron chi connectivity index (χ4n) is 3.60. The molecule has 0 radical (unpaired) electrons. The Morgan fingerprint density at radius 3 is 2.24 bits per heavy atom. The summed E-state index contributed by atoms with van der Waals surface area (Å²) in [5, 5.41) is 13.2. The average molecular weight is 462 g/mol. The van der Waals surface area contributed by atoms with Crippen LogP contribution in [0.4, 0.5) is 0 Å². The van der Waals surface area contributed by atoms with Crippen molar-refractivity contribution in [1.29, 1.82) is 0 Å². The number of benzene rings is 3. The van der Waals surface area contributed by atoms with E-state index in [1.165, 1.54) is 5.56 Å². The summed E-state index contributed by atoms with van der Waals surface area (Å²) in [6.07, 6.45) is 0.780. The van der Waals surface area contributed by atoms with Gasteiger partial charge in [0.2, 0.25) is 0 Å². The van der Waals surface area contributed by atoms with Crippen LogP contribution in [0.2, 0.25) is 25.7 Å². The number of carbonyl (C=O) groups excluding carboxylic acids is 1. The number of hydrogen-bond acceptors (Lipinski definition) is 4. The third-order valence-corrected chi connectivity index (χ3v) is 7.34. The molecule has 0 saturated carbocycles. The van der Waals surface area contributed by atoms with Crippen molar-refractivity contribution in [3.63, 3.8) is 0 Å². The second-order valence-electron chi connectivity index (χ2n) is 9.64. The molecule has 0 fully saturated rings. The summed E-state index contributed by atoms with van der Waals surface area (Å²) < 4.78 is 5.58. The Morgan fingerprint density at radius 2 is 1.58 bits per heavy atom. The maximum atomic E-state index is 12.7. The Kier molecular flexibility index (Phi) is 9.00. The van der Waals surface area contributed by atoms with Crippen LogP contribution in [0.5, 0.6) is 0 Å². The molecule has 0 aliphatic rings. The van der Waals surface area contributed by atoms with Crippen molar-refractivity contribution in [2.75, 3.05) is 13.2 Å². The predicted molar refractivity (Wildman–Crippen MR) is 138 cm³/mol. The van der Waals surface area contributed by atoms with Crippen LogP contribution in [-0.4, -0.2) is 38.4 Å². The van der Waals surface area contributed by atoms with Crippen LogP contribution in [0, 0.1) is 0 Å². The molecular weight excluding hydrogens is 426 g/mol. The van der Waals surface area contributed by atoms with Crippen LogP contribution < -0.4 is 5.32 Å². The molecular formula is C28H35NO3Si. The van der Waals surface area contributed by atoms with Gasteiger partial charge in [0.25, 0.3) is 0 Å². The Morgan fingerprint density at radius 1 is 0.909 bits per heavy atom. The third kappa shape index (κ3) is 7.97. The van der Waals surface area contributed by atoms with E-state index < -0.39 is 8.07 Å². The van der Waals surface area contributed by atoms with E-state index in [1.807, 2.05) is 54.6 Å². The van der Waals surface area contributed by atoms with Gasteiger partial charge in [-0.25, -0.2) is 4.79 Å². The first-order valence-electron chi connectivity index (χ1n) is 11.6. The van der Waals surface area contributed by atoms with Crippen molar-refractivity contribution in [3.05, 3.63) is 95.6 Å². The minimum atomic E-state index is -1.25. The molecule has 0 aliphatic carbocycles. The molecule has 1 atom stereocenters. The van der Waals surface area contributed by atoms with Crippen molar-refractivity contribution in [3.8, 4) is 11.1 Å². The quantitative estimate of drug-likeness (QED) is 0.291. The summed E-state index contributed by atoms with van der Waals surface area (Å²) in [6.45, 7) is 8.04. The summed E-state index contributed by atoms with van der Waals surface area (Å²) in [4.78, 5) is 12.7. The van der Waals surface area contributed by atoms with E-state index in [0.717, 1.165) is 29.2 Å². The topological polar surface area (TPSA) is 58.6 Å². The highest BCUT2D eigenvalue weighted by atomic mass is 28.3. The number of nitrogens with one attached hydrogen (secondary N) is 1. The minimum absolute atomic E-state index is 0.00117. The second-order valence-corrected chi connectivity index (χ2v) is 15.3. The highest BCUT2D eigenvalue weighted by molar-refractivity contribution is 6.76. The fourth-order valence-corrected chi connectivity index (χ4v) is 4.32. The fraction of sp³-hybridized carbons (Fsp3) is 0.321. The molecule has 4 nitrogen and oxygen atoms in total. The van der Waals surface area contributed by atoms with E-state index >= 15 is 0 Å². The van der Waals surface area contributed by atoms with E-state index in [9.17, 15) is 9.90 Å². The molecule has 0 saturated heterocycles. The number of carbonyl (C=O) groups is 1. The molecule has 174 valence electrons. The van der Waals surface area contributed by atoms with Gasteiger partial charge in [0.05, 0.1) is 18.8 Å². The Labute approximate surface area is 198 Å². The van der Waals surface area contributed by atoms with Gasteiger partial charge in [0, 0.05) is 20.7 Å². The third-order valence-electron chi connectivity index (χ3n) is 5.64. The molecule has 0 bridgehead atoms. The van der Waals surface area contributed by atoms with Gasteiger partial charge in [-0.1, -0.05) is 92.4 Å². The van der Waals surface area contributed by atoms with E-state index in [2.05, 4.69) is 49.2 Å². The molecule has 0 amide bonds. The van der Waals surface area contributed by atoms with E-state index in [0.29, 0.717) is 18.7 Å². The van der Waals surface area contributed by atoms with Gasteiger partial charge in [0.1, 0.15) is 0 Å². The zero-order chi connectivity index (χ0) is 23.7. The average Bonchev–Trinajstić information content (AvgIpc) is 2.82. The van der Waals surface area contributed by atoms with Crippen LogP contribution in [0.25, 0.3) is 11.1 Å². The largest absolute Gasteiger partial charge is 0.462 e. The molecule has 3 aromatic carbocycles. The SMILES string of the molecule is C[Si](C)(C)CCOC(=O)c1ccccc1-c1ccc(CNC(CO)Cc2ccccc2)cc1. The first kappa shape index (κ1) is 24.9. The zero-order valence-corrected chi connectivity index (χ0v) is 20.9. The van der Waals surface area contributed by atoms with Crippen LogP contribution >= 0.6 is 0 Å².